The molecule has 6 nitrogen and oxygen atoms in total. The molecule has 0 bridgehead atoms. The predicted molar refractivity (Wildman–Crippen MR) is 107 cm³/mol. The number of benzene rings is 2. The molecule has 144 valence electrons. The minimum atomic E-state index is -0.997. The van der Waals surface area contributed by atoms with Gasteiger partial charge in [-0.3, -0.25) is 4.79 Å². The van der Waals surface area contributed by atoms with Crippen LogP contribution in [0.25, 0.3) is 11.0 Å². The average Bonchev–Trinajstić information content (AvgIpc) is 3.31. The minimum Gasteiger partial charge on any atom is -0.478 e. The van der Waals surface area contributed by atoms with E-state index in [-0.39, 0.29) is 23.6 Å². The quantitative estimate of drug-likeness (QED) is 0.736. The van der Waals surface area contributed by atoms with E-state index in [1.807, 2.05) is 23.1 Å². The summed E-state index contributed by atoms with van der Waals surface area (Å²) in [5, 5.41) is 9.06. The molecular formula is C22H23N3O3. The van der Waals surface area contributed by atoms with Crippen LogP contribution >= 0.6 is 0 Å². The smallest absolute Gasteiger partial charge is 0.335 e. The Labute approximate surface area is 163 Å². The highest BCUT2D eigenvalue weighted by Crippen LogP contribution is 2.36. The molecule has 0 radical (unpaired) electrons. The molecule has 0 aliphatic carbocycles. The molecule has 28 heavy (non-hydrogen) atoms. The van der Waals surface area contributed by atoms with Gasteiger partial charge in [0.25, 0.3) is 5.91 Å². The number of imidazole rings is 1. The first-order valence-electron chi connectivity index (χ1n) is 9.58. The van der Waals surface area contributed by atoms with E-state index in [0.29, 0.717) is 12.1 Å². The van der Waals surface area contributed by atoms with Gasteiger partial charge in [0.1, 0.15) is 5.82 Å². The molecule has 2 heterocycles. The number of fused-ring (bicyclic) bond motifs is 1. The van der Waals surface area contributed by atoms with Crippen molar-refractivity contribution in [3.63, 3.8) is 0 Å². The van der Waals surface area contributed by atoms with Crippen molar-refractivity contribution in [2.75, 3.05) is 6.54 Å². The zero-order valence-electron chi connectivity index (χ0n) is 16.0. The standard InChI is InChI=1S/C22H23N3O3/c1-14(2)25-18-7-4-3-6-17(18)23-20(25)19-8-5-13-24(19)21(26)15-9-11-16(12-10-15)22(27)28/h3-4,6-7,9-12,14,19H,5,8,13H2,1-2H3,(H,27,28). The molecule has 1 N–H and O–H groups in total. The number of para-hydroxylation sites is 2. The number of hydrogen-bond acceptors (Lipinski definition) is 3. The number of hydrogen-bond donors (Lipinski definition) is 1. The Hall–Kier alpha value is -3.15. The molecule has 0 spiro atoms. The molecule has 3 aromatic rings. The van der Waals surface area contributed by atoms with Crippen molar-refractivity contribution in [2.24, 2.45) is 0 Å². The SMILES string of the molecule is CC(C)n1c(C2CCCN2C(=O)c2ccc(C(=O)O)cc2)nc2ccccc21. The second-order valence-corrected chi connectivity index (χ2v) is 7.46. The third-order valence-corrected chi connectivity index (χ3v) is 5.33. The van der Waals surface area contributed by atoms with Crippen molar-refractivity contribution in [1.82, 2.24) is 14.5 Å². The van der Waals surface area contributed by atoms with Crippen molar-refractivity contribution in [3.8, 4) is 0 Å². The number of carbonyl (C=O) groups is 2. The second-order valence-electron chi connectivity index (χ2n) is 7.46. The van der Waals surface area contributed by atoms with Gasteiger partial charge >= 0.3 is 5.97 Å². The molecule has 1 aliphatic heterocycles. The molecule has 1 unspecified atom stereocenters. The third kappa shape index (κ3) is 3.05. The van der Waals surface area contributed by atoms with Gasteiger partial charge in [0.05, 0.1) is 22.6 Å². The van der Waals surface area contributed by atoms with Gasteiger partial charge in [-0.25, -0.2) is 9.78 Å². The van der Waals surface area contributed by atoms with E-state index in [1.54, 1.807) is 12.1 Å². The maximum absolute atomic E-state index is 13.1. The van der Waals surface area contributed by atoms with Gasteiger partial charge in [0.15, 0.2) is 0 Å². The first kappa shape index (κ1) is 18.2. The summed E-state index contributed by atoms with van der Waals surface area (Å²) < 4.78 is 2.22. The number of carboxylic acids is 1. The third-order valence-electron chi connectivity index (χ3n) is 5.33. The zero-order chi connectivity index (χ0) is 19.8. The van der Waals surface area contributed by atoms with E-state index in [0.717, 1.165) is 29.7 Å². The van der Waals surface area contributed by atoms with Gasteiger partial charge < -0.3 is 14.6 Å². The number of nitrogens with zero attached hydrogens (tertiary/aromatic N) is 3. The van der Waals surface area contributed by atoms with Crippen LogP contribution in [0.15, 0.2) is 48.5 Å². The first-order chi connectivity index (χ1) is 13.5. The Bertz CT molecular complexity index is 1040. The summed E-state index contributed by atoms with van der Waals surface area (Å²) in [7, 11) is 0. The van der Waals surface area contributed by atoms with E-state index in [9.17, 15) is 9.59 Å². The lowest BCUT2D eigenvalue weighted by Crippen LogP contribution is -2.32. The van der Waals surface area contributed by atoms with Crippen LogP contribution in [-0.4, -0.2) is 38.0 Å². The molecule has 1 fully saturated rings. The van der Waals surface area contributed by atoms with Crippen LogP contribution in [-0.2, 0) is 0 Å². The van der Waals surface area contributed by atoms with Crippen molar-refractivity contribution in [2.45, 2.75) is 38.8 Å². The summed E-state index contributed by atoms with van der Waals surface area (Å²) in [4.78, 5) is 30.9. The van der Waals surface area contributed by atoms with Gasteiger partial charge in [-0.1, -0.05) is 12.1 Å². The predicted octanol–water partition coefficient (Wildman–Crippen LogP) is 4.29. The number of rotatable bonds is 4. The number of carbonyl (C=O) groups excluding carboxylic acids is 1. The van der Waals surface area contributed by atoms with E-state index in [2.05, 4.69) is 24.5 Å². The topological polar surface area (TPSA) is 75.4 Å². The Morgan fingerprint density at radius 2 is 1.75 bits per heavy atom. The molecule has 1 saturated heterocycles. The van der Waals surface area contributed by atoms with Crippen molar-refractivity contribution in [3.05, 3.63) is 65.5 Å². The van der Waals surface area contributed by atoms with Crippen LogP contribution < -0.4 is 0 Å². The van der Waals surface area contributed by atoms with Gasteiger partial charge in [-0.15, -0.1) is 0 Å². The minimum absolute atomic E-state index is 0.0817. The van der Waals surface area contributed by atoms with Crippen LogP contribution in [0, 0.1) is 0 Å². The van der Waals surface area contributed by atoms with Crippen LogP contribution in [0.1, 0.15) is 65.3 Å². The number of aromatic carboxylic acids is 1. The summed E-state index contributed by atoms with van der Waals surface area (Å²) in [6, 6.07) is 14.3. The van der Waals surface area contributed by atoms with E-state index in [1.165, 1.54) is 12.1 Å². The van der Waals surface area contributed by atoms with Gasteiger partial charge in [0.2, 0.25) is 0 Å². The van der Waals surface area contributed by atoms with Gasteiger partial charge in [-0.2, -0.15) is 0 Å². The maximum atomic E-state index is 13.1. The summed E-state index contributed by atoms with van der Waals surface area (Å²) in [5.41, 5.74) is 2.70. The highest BCUT2D eigenvalue weighted by molar-refractivity contribution is 5.96. The summed E-state index contributed by atoms with van der Waals surface area (Å²) in [5.74, 6) is -0.158. The highest BCUT2D eigenvalue weighted by Gasteiger charge is 2.34. The van der Waals surface area contributed by atoms with Gasteiger partial charge in [0, 0.05) is 18.2 Å². The lowest BCUT2D eigenvalue weighted by Gasteiger charge is -2.26. The number of aromatic nitrogens is 2. The Morgan fingerprint density at radius 3 is 2.43 bits per heavy atom. The Kier molecular flexibility index (Phi) is 4.63. The van der Waals surface area contributed by atoms with E-state index >= 15 is 0 Å². The summed E-state index contributed by atoms with van der Waals surface area (Å²) in [6.45, 7) is 4.93. The zero-order valence-corrected chi connectivity index (χ0v) is 16.0. The molecular weight excluding hydrogens is 354 g/mol. The van der Waals surface area contributed by atoms with Crippen LogP contribution in [0.3, 0.4) is 0 Å². The monoisotopic (exact) mass is 377 g/mol. The number of amides is 1. The number of likely N-dealkylation sites (tertiary alicyclic amines) is 1. The fraction of sp³-hybridized carbons (Fsp3) is 0.318. The normalized spacial score (nSPS) is 16.8. The molecule has 2 aromatic carbocycles. The lowest BCUT2D eigenvalue weighted by atomic mass is 10.1. The summed E-state index contributed by atoms with van der Waals surface area (Å²) in [6.07, 6.45) is 1.79. The van der Waals surface area contributed by atoms with Crippen LogP contribution in [0.5, 0.6) is 0 Å². The van der Waals surface area contributed by atoms with Gasteiger partial charge in [-0.05, 0) is 63.1 Å². The fourth-order valence-electron chi connectivity index (χ4n) is 4.04. The van der Waals surface area contributed by atoms with Crippen molar-refractivity contribution in [1.29, 1.82) is 0 Å². The average molecular weight is 377 g/mol. The van der Waals surface area contributed by atoms with Crippen molar-refractivity contribution >= 4 is 22.9 Å². The van der Waals surface area contributed by atoms with Crippen LogP contribution in [0.4, 0.5) is 0 Å². The fourth-order valence-corrected chi connectivity index (χ4v) is 4.04. The van der Waals surface area contributed by atoms with Crippen molar-refractivity contribution < 1.29 is 14.7 Å². The lowest BCUT2D eigenvalue weighted by molar-refractivity contribution is 0.0691. The number of carboxylic acid groups (broad SMARTS) is 1. The first-order valence-corrected chi connectivity index (χ1v) is 9.58. The maximum Gasteiger partial charge on any atom is 0.335 e. The molecule has 6 heteroatoms. The molecule has 0 saturated carbocycles. The molecule has 1 amide bonds. The molecule has 1 aliphatic rings. The molecule has 4 rings (SSSR count). The Morgan fingerprint density at radius 1 is 1.07 bits per heavy atom. The molecule has 1 atom stereocenters. The van der Waals surface area contributed by atoms with E-state index in [4.69, 9.17) is 10.1 Å². The highest BCUT2D eigenvalue weighted by atomic mass is 16.4. The molecule has 1 aromatic heterocycles. The summed E-state index contributed by atoms with van der Waals surface area (Å²) >= 11 is 0. The Balaban J connectivity index is 1.71. The second kappa shape index (κ2) is 7.11. The van der Waals surface area contributed by atoms with E-state index < -0.39 is 5.97 Å². The largest absolute Gasteiger partial charge is 0.478 e. The van der Waals surface area contributed by atoms with Crippen LogP contribution in [0.2, 0.25) is 0 Å².